The van der Waals surface area contributed by atoms with Gasteiger partial charge in [0.2, 0.25) is 0 Å². The van der Waals surface area contributed by atoms with E-state index in [9.17, 15) is 0 Å². The van der Waals surface area contributed by atoms with Gasteiger partial charge in [0.15, 0.2) is 6.39 Å². The lowest BCUT2D eigenvalue weighted by atomic mass is 10.1. The molecule has 13 heavy (non-hydrogen) atoms. The van der Waals surface area contributed by atoms with Crippen molar-refractivity contribution < 1.29 is 4.42 Å². The summed E-state index contributed by atoms with van der Waals surface area (Å²) in [4.78, 5) is 4.24. The normalized spacial score (nSPS) is 10.6. The van der Waals surface area contributed by atoms with Gasteiger partial charge in [-0.25, -0.2) is 4.98 Å². The van der Waals surface area contributed by atoms with Crippen molar-refractivity contribution in [2.24, 2.45) is 0 Å². The van der Waals surface area contributed by atoms with Crippen LogP contribution in [0.2, 0.25) is 0 Å². The van der Waals surface area contributed by atoms with Gasteiger partial charge in [-0.3, -0.25) is 0 Å². The second-order valence-corrected chi connectivity index (χ2v) is 3.43. The largest absolute Gasteiger partial charge is 0.448 e. The molecule has 0 N–H and O–H groups in total. The van der Waals surface area contributed by atoms with Crippen molar-refractivity contribution in [3.8, 4) is 0 Å². The summed E-state index contributed by atoms with van der Waals surface area (Å²) in [7, 11) is 0. The molecule has 0 fully saturated rings. The maximum Gasteiger partial charge on any atom is 0.181 e. The molecule has 2 nitrogen and oxygen atoms in total. The zero-order chi connectivity index (χ0) is 9.52. The molecule has 0 saturated carbocycles. The molecule has 1 heterocycles. The Bertz CT molecular complexity index is 207. The van der Waals surface area contributed by atoms with Crippen LogP contribution in [-0.2, 0) is 12.8 Å². The van der Waals surface area contributed by atoms with Crippen LogP contribution in [0.5, 0.6) is 0 Å². The maximum atomic E-state index is 5.35. The summed E-state index contributed by atoms with van der Waals surface area (Å²) in [5.74, 6) is 1.11. The first kappa shape index (κ1) is 10.3. The lowest BCUT2D eigenvalue weighted by molar-refractivity contribution is 0.491. The molecule has 0 bridgehead atoms. The van der Waals surface area contributed by atoms with E-state index in [-0.39, 0.29) is 0 Å². The van der Waals surface area contributed by atoms with E-state index in [2.05, 4.69) is 18.8 Å². The number of nitrogens with zero attached hydrogens (tertiary/aromatic N) is 1. The second-order valence-electron chi connectivity index (χ2n) is 3.43. The number of unbranched alkanes of at least 4 members (excludes halogenated alkanes) is 2. The highest BCUT2D eigenvalue weighted by Crippen LogP contribution is 2.12. The molecule has 0 spiro atoms. The molecular formula is C11H19NO. The molecule has 74 valence electrons. The van der Waals surface area contributed by atoms with Gasteiger partial charge in [0, 0.05) is 6.42 Å². The third kappa shape index (κ3) is 3.21. The SMILES string of the molecule is CCCCc1ncoc1CCCC. The van der Waals surface area contributed by atoms with Crippen LogP contribution in [-0.4, -0.2) is 4.98 Å². The van der Waals surface area contributed by atoms with Crippen molar-refractivity contribution in [3.05, 3.63) is 17.8 Å². The fourth-order valence-corrected chi connectivity index (χ4v) is 1.38. The first-order chi connectivity index (χ1) is 6.38. The molecule has 0 aliphatic rings. The predicted octanol–water partition coefficient (Wildman–Crippen LogP) is 3.36. The number of aromatic nitrogens is 1. The van der Waals surface area contributed by atoms with E-state index >= 15 is 0 Å². The number of hydrogen-bond donors (Lipinski definition) is 0. The second kappa shape index (κ2) is 5.79. The van der Waals surface area contributed by atoms with Crippen LogP contribution in [0.4, 0.5) is 0 Å². The van der Waals surface area contributed by atoms with E-state index < -0.39 is 0 Å². The average Bonchev–Trinajstić information content (AvgIpc) is 2.59. The highest BCUT2D eigenvalue weighted by Gasteiger charge is 2.06. The van der Waals surface area contributed by atoms with E-state index in [0.29, 0.717) is 0 Å². The van der Waals surface area contributed by atoms with Crippen molar-refractivity contribution in [1.29, 1.82) is 0 Å². The average molecular weight is 181 g/mol. The molecule has 0 aromatic carbocycles. The Kier molecular flexibility index (Phi) is 4.58. The van der Waals surface area contributed by atoms with Crippen molar-refractivity contribution in [2.75, 3.05) is 0 Å². The van der Waals surface area contributed by atoms with Crippen LogP contribution in [0.3, 0.4) is 0 Å². The van der Waals surface area contributed by atoms with Gasteiger partial charge < -0.3 is 4.42 Å². The number of oxazole rings is 1. The third-order valence-electron chi connectivity index (χ3n) is 2.25. The van der Waals surface area contributed by atoms with Gasteiger partial charge in [0.05, 0.1) is 5.69 Å². The highest BCUT2D eigenvalue weighted by molar-refractivity contribution is 5.07. The zero-order valence-corrected chi connectivity index (χ0v) is 8.68. The summed E-state index contributed by atoms with van der Waals surface area (Å²) in [6.45, 7) is 4.40. The minimum absolute atomic E-state index is 1.05. The van der Waals surface area contributed by atoms with Crippen LogP contribution >= 0.6 is 0 Å². The topological polar surface area (TPSA) is 26.0 Å². The van der Waals surface area contributed by atoms with Crippen molar-refractivity contribution in [1.82, 2.24) is 4.98 Å². The van der Waals surface area contributed by atoms with Gasteiger partial charge in [-0.05, 0) is 19.3 Å². The van der Waals surface area contributed by atoms with Crippen LogP contribution in [0.15, 0.2) is 10.8 Å². The van der Waals surface area contributed by atoms with Gasteiger partial charge in [-0.15, -0.1) is 0 Å². The minimum atomic E-state index is 1.05. The first-order valence-corrected chi connectivity index (χ1v) is 5.29. The Balaban J connectivity index is 2.45. The molecule has 0 aliphatic carbocycles. The Morgan fingerprint density at radius 3 is 2.54 bits per heavy atom. The maximum absolute atomic E-state index is 5.35. The molecular weight excluding hydrogens is 162 g/mol. The van der Waals surface area contributed by atoms with E-state index in [1.807, 2.05) is 0 Å². The monoisotopic (exact) mass is 181 g/mol. The number of rotatable bonds is 6. The summed E-state index contributed by atoms with van der Waals surface area (Å²) < 4.78 is 5.35. The fraction of sp³-hybridized carbons (Fsp3) is 0.727. The summed E-state index contributed by atoms with van der Waals surface area (Å²) in [5, 5.41) is 0. The Morgan fingerprint density at radius 1 is 1.15 bits per heavy atom. The molecule has 1 rings (SSSR count). The molecule has 0 atom stereocenters. The molecule has 1 aromatic heterocycles. The van der Waals surface area contributed by atoms with E-state index in [1.54, 1.807) is 6.39 Å². The van der Waals surface area contributed by atoms with Crippen LogP contribution in [0.1, 0.15) is 51.0 Å². The Morgan fingerprint density at radius 2 is 1.85 bits per heavy atom. The number of hydrogen-bond acceptors (Lipinski definition) is 2. The third-order valence-corrected chi connectivity index (χ3v) is 2.25. The van der Waals surface area contributed by atoms with Gasteiger partial charge in [-0.1, -0.05) is 26.7 Å². The van der Waals surface area contributed by atoms with Crippen LogP contribution < -0.4 is 0 Å². The van der Waals surface area contributed by atoms with Crippen molar-refractivity contribution >= 4 is 0 Å². The fourth-order valence-electron chi connectivity index (χ4n) is 1.38. The molecule has 0 saturated heterocycles. The highest BCUT2D eigenvalue weighted by atomic mass is 16.3. The summed E-state index contributed by atoms with van der Waals surface area (Å²) >= 11 is 0. The quantitative estimate of drug-likeness (QED) is 0.672. The minimum Gasteiger partial charge on any atom is -0.448 e. The van der Waals surface area contributed by atoms with Gasteiger partial charge in [0.25, 0.3) is 0 Å². The van der Waals surface area contributed by atoms with Crippen molar-refractivity contribution in [2.45, 2.75) is 52.4 Å². The van der Waals surface area contributed by atoms with Gasteiger partial charge in [0.1, 0.15) is 5.76 Å². The number of aryl methyl sites for hydroxylation is 2. The van der Waals surface area contributed by atoms with Gasteiger partial charge in [-0.2, -0.15) is 0 Å². The smallest absolute Gasteiger partial charge is 0.181 e. The molecule has 0 radical (unpaired) electrons. The molecule has 0 aliphatic heterocycles. The molecule has 0 amide bonds. The van der Waals surface area contributed by atoms with E-state index in [1.165, 1.54) is 31.4 Å². The molecule has 0 unspecified atom stereocenters. The summed E-state index contributed by atoms with van der Waals surface area (Å²) in [6.07, 6.45) is 8.56. The summed E-state index contributed by atoms with van der Waals surface area (Å²) in [5.41, 5.74) is 1.18. The van der Waals surface area contributed by atoms with E-state index in [0.717, 1.165) is 18.6 Å². The Labute approximate surface area is 80.4 Å². The summed E-state index contributed by atoms with van der Waals surface area (Å²) in [6, 6.07) is 0. The molecule has 2 heteroatoms. The van der Waals surface area contributed by atoms with E-state index in [4.69, 9.17) is 4.42 Å². The standard InChI is InChI=1S/C11H19NO/c1-3-5-7-10-11(8-6-4-2)13-9-12-10/h9H,3-8H2,1-2H3. The molecule has 1 aromatic rings. The van der Waals surface area contributed by atoms with Crippen LogP contribution in [0, 0.1) is 0 Å². The van der Waals surface area contributed by atoms with Crippen LogP contribution in [0.25, 0.3) is 0 Å². The lowest BCUT2D eigenvalue weighted by Gasteiger charge is -1.98. The predicted molar refractivity (Wildman–Crippen MR) is 53.7 cm³/mol. The Hall–Kier alpha value is -0.790. The van der Waals surface area contributed by atoms with Gasteiger partial charge >= 0.3 is 0 Å². The lowest BCUT2D eigenvalue weighted by Crippen LogP contribution is -1.92. The van der Waals surface area contributed by atoms with Crippen molar-refractivity contribution in [3.63, 3.8) is 0 Å². The first-order valence-electron chi connectivity index (χ1n) is 5.29. The zero-order valence-electron chi connectivity index (χ0n) is 8.68.